The lowest BCUT2D eigenvalue weighted by Gasteiger charge is -2.17. The molecule has 0 saturated carbocycles. The van der Waals surface area contributed by atoms with Crippen LogP contribution in [0, 0.1) is 0 Å². The largest absolute Gasteiger partial charge is 0.490 e. The average molecular weight is 421 g/mol. The standard InChI is InChI=1S/C24H27N3O4/c1-4-30-21-13-11-19(15-22(21)31-5-2)17(3)25-24(29)20-12-14-23(28)27(26-20)16-18-9-7-6-8-10-18/h6-15,17H,4-5,16H2,1-3H3,(H,25,29). The number of hydrogen-bond donors (Lipinski definition) is 1. The number of nitrogens with zero attached hydrogens (tertiary/aromatic N) is 2. The molecule has 1 unspecified atom stereocenters. The third kappa shape index (κ3) is 5.72. The van der Waals surface area contributed by atoms with Crippen LogP contribution >= 0.6 is 0 Å². The molecular formula is C24H27N3O4. The second-order valence-electron chi connectivity index (χ2n) is 6.97. The van der Waals surface area contributed by atoms with Crippen molar-refractivity contribution < 1.29 is 14.3 Å². The second-order valence-corrected chi connectivity index (χ2v) is 6.97. The van der Waals surface area contributed by atoms with Gasteiger partial charge in [-0.25, -0.2) is 4.68 Å². The van der Waals surface area contributed by atoms with Crippen LogP contribution < -0.4 is 20.3 Å². The van der Waals surface area contributed by atoms with E-state index >= 15 is 0 Å². The number of rotatable bonds is 9. The first-order chi connectivity index (χ1) is 15.0. The minimum atomic E-state index is -0.360. The van der Waals surface area contributed by atoms with E-state index in [2.05, 4.69) is 10.4 Å². The van der Waals surface area contributed by atoms with E-state index in [-0.39, 0.29) is 23.2 Å². The van der Waals surface area contributed by atoms with Gasteiger partial charge in [0.1, 0.15) is 5.69 Å². The molecule has 0 bridgehead atoms. The maximum Gasteiger partial charge on any atom is 0.272 e. The number of nitrogens with one attached hydrogen (secondary N) is 1. The third-order valence-electron chi connectivity index (χ3n) is 4.69. The van der Waals surface area contributed by atoms with Crippen LogP contribution in [0.3, 0.4) is 0 Å². The Hall–Kier alpha value is -3.61. The highest BCUT2D eigenvalue weighted by atomic mass is 16.5. The predicted octanol–water partition coefficient (Wildman–Crippen LogP) is 3.58. The molecule has 1 heterocycles. The Kier molecular flexibility index (Phi) is 7.43. The molecule has 0 spiro atoms. The highest BCUT2D eigenvalue weighted by Gasteiger charge is 2.16. The summed E-state index contributed by atoms with van der Waals surface area (Å²) < 4.78 is 12.6. The van der Waals surface area contributed by atoms with Gasteiger partial charge < -0.3 is 14.8 Å². The molecule has 1 N–H and O–H groups in total. The van der Waals surface area contributed by atoms with Crippen molar-refractivity contribution in [3.8, 4) is 11.5 Å². The molecule has 0 radical (unpaired) electrons. The van der Waals surface area contributed by atoms with Gasteiger partial charge in [-0.15, -0.1) is 0 Å². The molecule has 0 aliphatic carbocycles. The molecule has 1 atom stereocenters. The fourth-order valence-corrected chi connectivity index (χ4v) is 3.13. The normalized spacial score (nSPS) is 11.6. The van der Waals surface area contributed by atoms with Crippen LogP contribution in [0.4, 0.5) is 0 Å². The number of benzene rings is 2. The van der Waals surface area contributed by atoms with Crippen molar-refractivity contribution in [1.82, 2.24) is 15.1 Å². The van der Waals surface area contributed by atoms with Gasteiger partial charge in [-0.2, -0.15) is 5.10 Å². The van der Waals surface area contributed by atoms with Crippen LogP contribution in [0.5, 0.6) is 11.5 Å². The monoisotopic (exact) mass is 421 g/mol. The number of amides is 1. The topological polar surface area (TPSA) is 82.5 Å². The molecule has 2 aromatic carbocycles. The SMILES string of the molecule is CCOc1ccc(C(C)NC(=O)c2ccc(=O)n(Cc3ccccc3)n2)cc1OCC. The number of carbonyl (C=O) groups is 1. The number of aromatic nitrogens is 2. The highest BCUT2D eigenvalue weighted by molar-refractivity contribution is 5.92. The van der Waals surface area contributed by atoms with Crippen LogP contribution in [0.25, 0.3) is 0 Å². The molecule has 3 aromatic rings. The summed E-state index contributed by atoms with van der Waals surface area (Å²) in [6, 6.07) is 17.6. The molecule has 3 rings (SSSR count). The Morgan fingerprint density at radius 1 is 1.00 bits per heavy atom. The Morgan fingerprint density at radius 3 is 2.42 bits per heavy atom. The van der Waals surface area contributed by atoms with E-state index in [1.807, 2.05) is 69.3 Å². The molecule has 1 amide bonds. The molecule has 31 heavy (non-hydrogen) atoms. The first kappa shape index (κ1) is 22.1. The molecule has 7 heteroatoms. The van der Waals surface area contributed by atoms with E-state index in [0.717, 1.165) is 11.1 Å². The molecule has 0 saturated heterocycles. The van der Waals surface area contributed by atoms with Crippen LogP contribution in [-0.2, 0) is 6.54 Å². The Balaban J connectivity index is 1.76. The van der Waals surface area contributed by atoms with Crippen molar-refractivity contribution in [2.45, 2.75) is 33.4 Å². The van der Waals surface area contributed by atoms with Crippen LogP contribution in [-0.4, -0.2) is 28.9 Å². The summed E-state index contributed by atoms with van der Waals surface area (Å²) in [7, 11) is 0. The summed E-state index contributed by atoms with van der Waals surface area (Å²) in [5.41, 5.74) is 1.72. The quantitative estimate of drug-likeness (QED) is 0.571. The molecule has 0 fully saturated rings. The summed E-state index contributed by atoms with van der Waals surface area (Å²) in [5, 5.41) is 7.18. The molecule has 0 aliphatic heterocycles. The van der Waals surface area contributed by atoms with Crippen molar-refractivity contribution in [2.75, 3.05) is 13.2 Å². The molecule has 1 aromatic heterocycles. The molecule has 162 valence electrons. The van der Waals surface area contributed by atoms with E-state index in [4.69, 9.17) is 9.47 Å². The van der Waals surface area contributed by atoms with Crippen LogP contribution in [0.1, 0.15) is 48.4 Å². The van der Waals surface area contributed by atoms with Gasteiger partial charge in [0, 0.05) is 6.07 Å². The first-order valence-electron chi connectivity index (χ1n) is 10.3. The van der Waals surface area contributed by atoms with Gasteiger partial charge in [0.25, 0.3) is 11.5 Å². The van der Waals surface area contributed by atoms with Gasteiger partial charge in [-0.3, -0.25) is 9.59 Å². The lowest BCUT2D eigenvalue weighted by Crippen LogP contribution is -2.31. The minimum absolute atomic E-state index is 0.179. The van der Waals surface area contributed by atoms with E-state index in [9.17, 15) is 9.59 Å². The fraction of sp³-hybridized carbons (Fsp3) is 0.292. The van der Waals surface area contributed by atoms with Gasteiger partial charge in [-0.1, -0.05) is 36.4 Å². The smallest absolute Gasteiger partial charge is 0.272 e. The van der Waals surface area contributed by atoms with E-state index in [0.29, 0.717) is 31.3 Å². The molecule has 0 aliphatic rings. The van der Waals surface area contributed by atoms with E-state index in [1.54, 1.807) is 0 Å². The van der Waals surface area contributed by atoms with Gasteiger partial charge in [-0.05, 0) is 50.1 Å². The summed E-state index contributed by atoms with van der Waals surface area (Å²) in [6.45, 7) is 7.05. The zero-order chi connectivity index (χ0) is 22.2. The van der Waals surface area contributed by atoms with Crippen molar-refractivity contribution in [1.29, 1.82) is 0 Å². The minimum Gasteiger partial charge on any atom is -0.490 e. The number of ether oxygens (including phenoxy) is 2. The van der Waals surface area contributed by atoms with E-state index in [1.165, 1.54) is 16.8 Å². The van der Waals surface area contributed by atoms with Gasteiger partial charge in [0.15, 0.2) is 11.5 Å². The van der Waals surface area contributed by atoms with Gasteiger partial charge >= 0.3 is 0 Å². The fourth-order valence-electron chi connectivity index (χ4n) is 3.13. The maximum absolute atomic E-state index is 12.8. The van der Waals surface area contributed by atoms with Crippen molar-refractivity contribution >= 4 is 5.91 Å². The Morgan fingerprint density at radius 2 is 1.71 bits per heavy atom. The summed E-state index contributed by atoms with van der Waals surface area (Å²) >= 11 is 0. The van der Waals surface area contributed by atoms with Gasteiger partial charge in [0.05, 0.1) is 25.8 Å². The highest BCUT2D eigenvalue weighted by Crippen LogP contribution is 2.30. The average Bonchev–Trinajstić information content (AvgIpc) is 2.77. The van der Waals surface area contributed by atoms with Crippen LogP contribution in [0.2, 0.25) is 0 Å². The van der Waals surface area contributed by atoms with Crippen molar-refractivity contribution in [2.24, 2.45) is 0 Å². The Bertz CT molecular complexity index is 1080. The van der Waals surface area contributed by atoms with Crippen molar-refractivity contribution in [3.63, 3.8) is 0 Å². The molecular weight excluding hydrogens is 394 g/mol. The first-order valence-corrected chi connectivity index (χ1v) is 10.3. The summed E-state index contributed by atoms with van der Waals surface area (Å²) in [6.07, 6.45) is 0. The zero-order valence-electron chi connectivity index (χ0n) is 18.0. The zero-order valence-corrected chi connectivity index (χ0v) is 18.0. The van der Waals surface area contributed by atoms with E-state index < -0.39 is 0 Å². The maximum atomic E-state index is 12.8. The van der Waals surface area contributed by atoms with Gasteiger partial charge in [0.2, 0.25) is 0 Å². The Labute approximate surface area is 181 Å². The second kappa shape index (κ2) is 10.4. The summed E-state index contributed by atoms with van der Waals surface area (Å²) in [5.74, 6) is 0.944. The van der Waals surface area contributed by atoms with Crippen molar-refractivity contribution in [3.05, 3.63) is 87.8 Å². The lowest BCUT2D eigenvalue weighted by molar-refractivity contribution is 0.0932. The molecule has 7 nitrogen and oxygen atoms in total. The predicted molar refractivity (Wildman–Crippen MR) is 119 cm³/mol. The number of hydrogen-bond acceptors (Lipinski definition) is 5. The summed E-state index contributed by atoms with van der Waals surface area (Å²) in [4.78, 5) is 24.9. The lowest BCUT2D eigenvalue weighted by atomic mass is 10.1. The number of carbonyl (C=O) groups excluding carboxylic acids is 1. The van der Waals surface area contributed by atoms with Crippen LogP contribution in [0.15, 0.2) is 65.5 Å². The third-order valence-corrected chi connectivity index (χ3v) is 4.69.